The van der Waals surface area contributed by atoms with Crippen LogP contribution in [0.5, 0.6) is 0 Å². The quantitative estimate of drug-likeness (QED) is 0.565. The molecule has 88 valence electrons. The molecule has 0 spiro atoms. The Balaban J connectivity index is 2.53. The first-order chi connectivity index (χ1) is 6.92. The molecule has 1 atom stereocenters. The van der Waals surface area contributed by atoms with Crippen LogP contribution in [0.2, 0.25) is 0 Å². The molecule has 0 aromatic heterocycles. The SMILES string of the molecule is C=C(CS(=O)(=O)Cl)C1CCCN(CC)C1. The average Bonchev–Trinajstić information content (AvgIpc) is 2.15. The first-order valence-electron chi connectivity index (χ1n) is 5.24. The largest absolute Gasteiger partial charge is 0.303 e. The number of hydrogen-bond donors (Lipinski definition) is 0. The van der Waals surface area contributed by atoms with Gasteiger partial charge in [0.15, 0.2) is 0 Å². The fourth-order valence-electron chi connectivity index (χ4n) is 2.02. The molecule has 0 aromatic rings. The van der Waals surface area contributed by atoms with Gasteiger partial charge in [-0.25, -0.2) is 8.42 Å². The minimum atomic E-state index is -3.44. The molecule has 1 aliphatic rings. The van der Waals surface area contributed by atoms with Crippen LogP contribution in [0, 0.1) is 5.92 Å². The molecule has 0 aromatic carbocycles. The monoisotopic (exact) mass is 251 g/mol. The Morgan fingerprint density at radius 3 is 2.80 bits per heavy atom. The molecule has 1 rings (SSSR count). The first-order valence-corrected chi connectivity index (χ1v) is 7.72. The van der Waals surface area contributed by atoms with Crippen molar-refractivity contribution in [3.63, 3.8) is 0 Å². The summed E-state index contributed by atoms with van der Waals surface area (Å²) in [5.41, 5.74) is 0.753. The summed E-state index contributed by atoms with van der Waals surface area (Å²) in [6, 6.07) is 0. The van der Waals surface area contributed by atoms with E-state index >= 15 is 0 Å². The van der Waals surface area contributed by atoms with Gasteiger partial charge in [0.2, 0.25) is 9.05 Å². The predicted octanol–water partition coefficient (Wildman–Crippen LogP) is 1.84. The highest BCUT2D eigenvalue weighted by Gasteiger charge is 2.23. The third-order valence-corrected chi connectivity index (χ3v) is 3.93. The van der Waals surface area contributed by atoms with Crippen molar-refractivity contribution in [2.75, 3.05) is 25.4 Å². The molecule has 0 amide bonds. The zero-order valence-corrected chi connectivity index (χ0v) is 10.6. The van der Waals surface area contributed by atoms with E-state index in [0.29, 0.717) is 0 Å². The minimum Gasteiger partial charge on any atom is -0.303 e. The summed E-state index contributed by atoms with van der Waals surface area (Å²) in [4.78, 5) is 2.32. The lowest BCUT2D eigenvalue weighted by molar-refractivity contribution is 0.201. The second-order valence-electron chi connectivity index (χ2n) is 4.07. The molecule has 3 nitrogen and oxygen atoms in total. The van der Waals surface area contributed by atoms with Crippen LogP contribution >= 0.6 is 10.7 Å². The highest BCUT2D eigenvalue weighted by molar-refractivity contribution is 8.13. The van der Waals surface area contributed by atoms with Crippen LogP contribution in [0.4, 0.5) is 0 Å². The summed E-state index contributed by atoms with van der Waals surface area (Å²) in [6.07, 6.45) is 2.14. The fourth-order valence-corrected chi connectivity index (χ4v) is 3.11. The van der Waals surface area contributed by atoms with Gasteiger partial charge >= 0.3 is 0 Å². The standard InChI is InChI=1S/C10H18ClNO2S/c1-3-12-6-4-5-10(7-12)9(2)8-15(11,13)14/h10H,2-8H2,1H3. The van der Waals surface area contributed by atoms with Gasteiger partial charge in [-0.3, -0.25) is 0 Å². The lowest BCUT2D eigenvalue weighted by Crippen LogP contribution is -2.36. The Labute approximate surface area is 96.5 Å². The van der Waals surface area contributed by atoms with Gasteiger partial charge in [0.25, 0.3) is 0 Å². The van der Waals surface area contributed by atoms with Crippen LogP contribution in [0.3, 0.4) is 0 Å². The van der Waals surface area contributed by atoms with E-state index in [1.807, 2.05) is 0 Å². The lowest BCUT2D eigenvalue weighted by Gasteiger charge is -2.32. The van der Waals surface area contributed by atoms with Crippen molar-refractivity contribution in [3.8, 4) is 0 Å². The Bertz CT molecular complexity index is 326. The smallest absolute Gasteiger partial charge is 0.236 e. The van der Waals surface area contributed by atoms with Crippen LogP contribution in [0.25, 0.3) is 0 Å². The van der Waals surface area contributed by atoms with Gasteiger partial charge in [-0.2, -0.15) is 0 Å². The zero-order chi connectivity index (χ0) is 11.5. The van der Waals surface area contributed by atoms with Crippen LogP contribution in [0.1, 0.15) is 19.8 Å². The van der Waals surface area contributed by atoms with Gasteiger partial charge in [-0.05, 0) is 31.8 Å². The summed E-state index contributed by atoms with van der Waals surface area (Å²) < 4.78 is 21.9. The van der Waals surface area contributed by atoms with E-state index in [1.54, 1.807) is 0 Å². The number of halogens is 1. The van der Waals surface area contributed by atoms with Crippen LogP contribution in [-0.4, -0.2) is 38.7 Å². The van der Waals surface area contributed by atoms with Gasteiger partial charge in [0.05, 0.1) is 5.75 Å². The molecular formula is C10H18ClNO2S. The first kappa shape index (κ1) is 13.0. The third-order valence-electron chi connectivity index (χ3n) is 2.89. The normalized spacial score (nSPS) is 24.0. The van der Waals surface area contributed by atoms with E-state index in [9.17, 15) is 8.42 Å². The number of rotatable bonds is 4. The van der Waals surface area contributed by atoms with E-state index in [-0.39, 0.29) is 11.7 Å². The summed E-state index contributed by atoms with van der Waals surface area (Å²) in [7, 11) is 1.77. The lowest BCUT2D eigenvalue weighted by atomic mass is 9.92. The van der Waals surface area contributed by atoms with Crippen molar-refractivity contribution < 1.29 is 8.42 Å². The topological polar surface area (TPSA) is 37.4 Å². The Hall–Kier alpha value is -0.0600. The average molecular weight is 252 g/mol. The van der Waals surface area contributed by atoms with Crippen molar-refractivity contribution in [3.05, 3.63) is 12.2 Å². The van der Waals surface area contributed by atoms with Gasteiger partial charge in [0.1, 0.15) is 0 Å². The van der Waals surface area contributed by atoms with Crippen molar-refractivity contribution in [1.29, 1.82) is 0 Å². The number of piperidine rings is 1. The number of nitrogens with zero attached hydrogens (tertiary/aromatic N) is 1. The van der Waals surface area contributed by atoms with Gasteiger partial charge < -0.3 is 4.90 Å². The minimum absolute atomic E-state index is 0.0865. The van der Waals surface area contributed by atoms with Crippen LogP contribution in [-0.2, 0) is 9.05 Å². The molecule has 1 fully saturated rings. The molecule has 1 heterocycles. The van der Waals surface area contributed by atoms with Crippen molar-refractivity contribution >= 4 is 19.7 Å². The van der Waals surface area contributed by atoms with Crippen molar-refractivity contribution in [2.45, 2.75) is 19.8 Å². The van der Waals surface area contributed by atoms with E-state index < -0.39 is 9.05 Å². The molecule has 0 aliphatic carbocycles. The zero-order valence-electron chi connectivity index (χ0n) is 9.08. The highest BCUT2D eigenvalue weighted by atomic mass is 35.7. The maximum atomic E-state index is 10.9. The maximum absolute atomic E-state index is 10.9. The van der Waals surface area contributed by atoms with Crippen molar-refractivity contribution in [2.24, 2.45) is 5.92 Å². The summed E-state index contributed by atoms with van der Waals surface area (Å²) in [6.45, 7) is 8.99. The Morgan fingerprint density at radius 2 is 2.27 bits per heavy atom. The molecule has 1 saturated heterocycles. The summed E-state index contributed by atoms with van der Waals surface area (Å²) in [5.74, 6) is 0.198. The molecule has 1 unspecified atom stereocenters. The maximum Gasteiger partial charge on any atom is 0.236 e. The van der Waals surface area contributed by atoms with E-state index in [2.05, 4.69) is 18.4 Å². The number of likely N-dealkylation sites (tertiary alicyclic amines) is 1. The summed E-state index contributed by atoms with van der Waals surface area (Å²) in [5, 5.41) is 0. The molecule has 15 heavy (non-hydrogen) atoms. The predicted molar refractivity (Wildman–Crippen MR) is 63.6 cm³/mol. The molecular weight excluding hydrogens is 234 g/mol. The van der Waals surface area contributed by atoms with E-state index in [1.165, 1.54) is 0 Å². The second-order valence-corrected chi connectivity index (χ2v) is 6.85. The molecule has 0 saturated carbocycles. The van der Waals surface area contributed by atoms with Gasteiger partial charge in [0, 0.05) is 17.2 Å². The molecule has 1 aliphatic heterocycles. The number of hydrogen-bond acceptors (Lipinski definition) is 3. The molecule has 0 N–H and O–H groups in total. The molecule has 0 bridgehead atoms. The summed E-state index contributed by atoms with van der Waals surface area (Å²) >= 11 is 0. The van der Waals surface area contributed by atoms with Gasteiger partial charge in [-0.1, -0.05) is 19.1 Å². The van der Waals surface area contributed by atoms with E-state index in [0.717, 1.165) is 38.0 Å². The van der Waals surface area contributed by atoms with Crippen LogP contribution < -0.4 is 0 Å². The van der Waals surface area contributed by atoms with Gasteiger partial charge in [-0.15, -0.1) is 0 Å². The molecule has 5 heteroatoms. The Morgan fingerprint density at radius 1 is 1.60 bits per heavy atom. The van der Waals surface area contributed by atoms with E-state index in [4.69, 9.17) is 10.7 Å². The second kappa shape index (κ2) is 5.32. The molecule has 0 radical (unpaired) electrons. The Kier molecular flexibility index (Phi) is 4.62. The highest BCUT2D eigenvalue weighted by Crippen LogP contribution is 2.24. The fraction of sp³-hybridized carbons (Fsp3) is 0.800. The third kappa shape index (κ3) is 4.53. The van der Waals surface area contributed by atoms with Crippen LogP contribution in [0.15, 0.2) is 12.2 Å². The van der Waals surface area contributed by atoms with Crippen molar-refractivity contribution in [1.82, 2.24) is 4.90 Å².